The molecule has 1 heterocycles. The number of hydrogen-bond acceptors (Lipinski definition) is 4. The van der Waals surface area contributed by atoms with Crippen LogP contribution in [0.3, 0.4) is 0 Å². The van der Waals surface area contributed by atoms with E-state index in [-0.39, 0.29) is 5.91 Å². The van der Waals surface area contributed by atoms with Gasteiger partial charge < -0.3 is 10.6 Å². The van der Waals surface area contributed by atoms with Gasteiger partial charge in [-0.2, -0.15) is 5.10 Å². The van der Waals surface area contributed by atoms with Gasteiger partial charge >= 0.3 is 0 Å². The third-order valence-electron chi connectivity index (χ3n) is 1.99. The number of rotatable bonds is 6. The molecule has 6 heteroatoms. The molecule has 0 saturated carbocycles. The first-order valence-electron chi connectivity index (χ1n) is 5.04. The van der Waals surface area contributed by atoms with Gasteiger partial charge in [-0.1, -0.05) is 0 Å². The largest absolute Gasteiger partial charge is 0.356 e. The van der Waals surface area contributed by atoms with Gasteiger partial charge in [0.25, 0.3) is 0 Å². The quantitative estimate of drug-likeness (QED) is 0.618. The Labute approximate surface area is 89.1 Å². The lowest BCUT2D eigenvalue weighted by atomic mass is 10.4. The Morgan fingerprint density at radius 1 is 1.60 bits per heavy atom. The zero-order valence-corrected chi connectivity index (χ0v) is 9.16. The number of nitrogens with zero attached hydrogens (tertiary/aromatic N) is 3. The Balaban J connectivity index is 2.12. The van der Waals surface area contributed by atoms with E-state index < -0.39 is 0 Å². The SMILES string of the molecule is CCNC(=O)CCNCc1ncnn1C. The Hall–Kier alpha value is -1.43. The van der Waals surface area contributed by atoms with Crippen molar-refractivity contribution in [2.45, 2.75) is 19.9 Å². The van der Waals surface area contributed by atoms with Crippen molar-refractivity contribution in [3.8, 4) is 0 Å². The Morgan fingerprint density at radius 2 is 2.40 bits per heavy atom. The number of aromatic nitrogens is 3. The van der Waals surface area contributed by atoms with Gasteiger partial charge in [0.05, 0.1) is 6.54 Å². The molecule has 0 radical (unpaired) electrons. The van der Waals surface area contributed by atoms with Crippen molar-refractivity contribution in [3.63, 3.8) is 0 Å². The first kappa shape index (κ1) is 11.6. The Morgan fingerprint density at radius 3 is 3.00 bits per heavy atom. The molecule has 0 unspecified atom stereocenters. The van der Waals surface area contributed by atoms with Crippen LogP contribution in [-0.4, -0.2) is 33.8 Å². The molecule has 84 valence electrons. The van der Waals surface area contributed by atoms with Crippen molar-refractivity contribution in [2.75, 3.05) is 13.1 Å². The number of amides is 1. The summed E-state index contributed by atoms with van der Waals surface area (Å²) >= 11 is 0. The van der Waals surface area contributed by atoms with E-state index in [1.54, 1.807) is 4.68 Å². The van der Waals surface area contributed by atoms with Crippen molar-refractivity contribution in [1.82, 2.24) is 25.4 Å². The molecule has 0 saturated heterocycles. The molecule has 0 bridgehead atoms. The third kappa shape index (κ3) is 4.07. The zero-order chi connectivity index (χ0) is 11.1. The van der Waals surface area contributed by atoms with E-state index in [9.17, 15) is 4.79 Å². The smallest absolute Gasteiger partial charge is 0.221 e. The highest BCUT2D eigenvalue weighted by Gasteiger charge is 2.01. The molecule has 2 N–H and O–H groups in total. The molecule has 0 fully saturated rings. The minimum Gasteiger partial charge on any atom is -0.356 e. The number of aryl methyl sites for hydroxylation is 1. The standard InChI is InChI=1S/C9H17N5O/c1-3-11-9(15)4-5-10-6-8-12-7-13-14(8)2/h7,10H,3-6H2,1-2H3,(H,11,15). The number of nitrogens with one attached hydrogen (secondary N) is 2. The van der Waals surface area contributed by atoms with E-state index in [0.717, 1.165) is 5.82 Å². The molecule has 0 aliphatic heterocycles. The van der Waals surface area contributed by atoms with Gasteiger partial charge in [0, 0.05) is 26.6 Å². The molecule has 0 atom stereocenters. The Kier molecular flexibility index (Phi) is 4.76. The minimum atomic E-state index is 0.0722. The summed E-state index contributed by atoms with van der Waals surface area (Å²) in [7, 11) is 1.84. The maximum atomic E-state index is 11.1. The van der Waals surface area contributed by atoms with Gasteiger partial charge in [-0.05, 0) is 6.92 Å². The van der Waals surface area contributed by atoms with Crippen LogP contribution in [0.1, 0.15) is 19.2 Å². The predicted molar refractivity (Wildman–Crippen MR) is 56.0 cm³/mol. The summed E-state index contributed by atoms with van der Waals surface area (Å²) in [6.45, 7) is 3.88. The molecule has 1 aromatic rings. The summed E-state index contributed by atoms with van der Waals surface area (Å²) in [6.07, 6.45) is 2.01. The van der Waals surface area contributed by atoms with Crippen LogP contribution in [0.2, 0.25) is 0 Å². The maximum Gasteiger partial charge on any atom is 0.221 e. The van der Waals surface area contributed by atoms with Crippen LogP contribution in [0, 0.1) is 0 Å². The maximum absolute atomic E-state index is 11.1. The molecule has 1 rings (SSSR count). The summed E-state index contributed by atoms with van der Waals surface area (Å²) in [5.41, 5.74) is 0. The van der Waals surface area contributed by atoms with Crippen LogP contribution in [-0.2, 0) is 18.4 Å². The van der Waals surface area contributed by atoms with Crippen molar-refractivity contribution >= 4 is 5.91 Å². The van der Waals surface area contributed by atoms with Crippen molar-refractivity contribution in [1.29, 1.82) is 0 Å². The highest BCUT2D eigenvalue weighted by atomic mass is 16.1. The van der Waals surface area contributed by atoms with Crippen LogP contribution in [0.5, 0.6) is 0 Å². The normalized spacial score (nSPS) is 10.3. The summed E-state index contributed by atoms with van der Waals surface area (Å²) in [5.74, 6) is 0.939. The molecule has 0 aromatic carbocycles. The van der Waals surface area contributed by atoms with Crippen LogP contribution < -0.4 is 10.6 Å². The summed E-state index contributed by atoms with van der Waals surface area (Å²) in [5, 5.41) is 9.82. The van der Waals surface area contributed by atoms with Crippen molar-refractivity contribution in [3.05, 3.63) is 12.2 Å². The first-order valence-corrected chi connectivity index (χ1v) is 5.04. The van der Waals surface area contributed by atoms with E-state index in [4.69, 9.17) is 0 Å². The predicted octanol–water partition coefficient (Wildman–Crippen LogP) is -0.569. The van der Waals surface area contributed by atoms with E-state index in [1.807, 2.05) is 14.0 Å². The lowest BCUT2D eigenvalue weighted by molar-refractivity contribution is -0.120. The fraction of sp³-hybridized carbons (Fsp3) is 0.667. The molecule has 1 amide bonds. The van der Waals surface area contributed by atoms with Crippen LogP contribution >= 0.6 is 0 Å². The average Bonchev–Trinajstić information content (AvgIpc) is 2.60. The van der Waals surface area contributed by atoms with Crippen LogP contribution in [0.25, 0.3) is 0 Å². The molecule has 15 heavy (non-hydrogen) atoms. The molecule has 0 aliphatic rings. The van der Waals surface area contributed by atoms with E-state index in [1.165, 1.54) is 6.33 Å². The fourth-order valence-electron chi connectivity index (χ4n) is 1.17. The third-order valence-corrected chi connectivity index (χ3v) is 1.99. The summed E-state index contributed by atoms with van der Waals surface area (Å²) in [6, 6.07) is 0. The molecule has 1 aromatic heterocycles. The zero-order valence-electron chi connectivity index (χ0n) is 9.16. The Bertz CT molecular complexity index is 309. The van der Waals surface area contributed by atoms with Gasteiger partial charge in [-0.3, -0.25) is 9.48 Å². The van der Waals surface area contributed by atoms with Gasteiger partial charge in [-0.25, -0.2) is 4.98 Å². The van der Waals surface area contributed by atoms with E-state index >= 15 is 0 Å². The molecule has 6 nitrogen and oxygen atoms in total. The van der Waals surface area contributed by atoms with E-state index in [0.29, 0.717) is 26.1 Å². The van der Waals surface area contributed by atoms with Gasteiger partial charge in [0.2, 0.25) is 5.91 Å². The first-order chi connectivity index (χ1) is 7.24. The lowest BCUT2D eigenvalue weighted by Gasteiger charge is -2.04. The van der Waals surface area contributed by atoms with Crippen LogP contribution in [0.4, 0.5) is 0 Å². The van der Waals surface area contributed by atoms with Gasteiger partial charge in [-0.15, -0.1) is 0 Å². The number of hydrogen-bond donors (Lipinski definition) is 2. The summed E-state index contributed by atoms with van der Waals surface area (Å²) < 4.78 is 1.71. The van der Waals surface area contributed by atoms with Gasteiger partial charge in [0.15, 0.2) is 0 Å². The second-order valence-electron chi connectivity index (χ2n) is 3.18. The molecular weight excluding hydrogens is 194 g/mol. The fourth-order valence-corrected chi connectivity index (χ4v) is 1.17. The number of carbonyl (C=O) groups is 1. The second kappa shape index (κ2) is 6.13. The highest BCUT2D eigenvalue weighted by molar-refractivity contribution is 5.75. The monoisotopic (exact) mass is 211 g/mol. The number of carbonyl (C=O) groups excluding carboxylic acids is 1. The van der Waals surface area contributed by atoms with Crippen molar-refractivity contribution < 1.29 is 4.79 Å². The summed E-state index contributed by atoms with van der Waals surface area (Å²) in [4.78, 5) is 15.1. The van der Waals surface area contributed by atoms with E-state index in [2.05, 4.69) is 20.7 Å². The van der Waals surface area contributed by atoms with Crippen molar-refractivity contribution in [2.24, 2.45) is 7.05 Å². The molecular formula is C9H17N5O. The molecule has 0 aliphatic carbocycles. The van der Waals surface area contributed by atoms with Crippen LogP contribution in [0.15, 0.2) is 6.33 Å². The molecule has 0 spiro atoms. The topological polar surface area (TPSA) is 71.8 Å². The minimum absolute atomic E-state index is 0.0722. The highest BCUT2D eigenvalue weighted by Crippen LogP contribution is 1.89. The second-order valence-corrected chi connectivity index (χ2v) is 3.18. The average molecular weight is 211 g/mol. The van der Waals surface area contributed by atoms with Gasteiger partial charge in [0.1, 0.15) is 12.2 Å². The lowest BCUT2D eigenvalue weighted by Crippen LogP contribution is -2.27.